The zero-order valence-corrected chi connectivity index (χ0v) is 41.2. The summed E-state index contributed by atoms with van der Waals surface area (Å²) in [6.07, 6.45) is 0. The molecule has 4 N–H and O–H groups in total. The van der Waals surface area contributed by atoms with E-state index in [-0.39, 0.29) is 76.8 Å². The van der Waals surface area contributed by atoms with Crippen LogP contribution >= 0.6 is 92.3 Å². The Kier molecular flexibility index (Phi) is 15.0. The van der Waals surface area contributed by atoms with Crippen molar-refractivity contribution in [1.82, 2.24) is 9.78 Å². The Hall–Kier alpha value is -3.77. The summed E-state index contributed by atoms with van der Waals surface area (Å²) in [7, 11) is -16.3. The molecule has 0 aliphatic carbocycles. The highest BCUT2D eigenvalue weighted by Gasteiger charge is 2.28. The van der Waals surface area contributed by atoms with E-state index in [1.165, 1.54) is 59.3 Å². The van der Waals surface area contributed by atoms with E-state index in [1.54, 1.807) is 48.9 Å². The number of para-hydroxylation sites is 1. The Morgan fingerprint density at radius 2 is 0.921 bits per heavy atom. The number of anilines is 4. The molecule has 4 aromatic carbocycles. The van der Waals surface area contributed by atoms with E-state index >= 15 is 0 Å². The van der Waals surface area contributed by atoms with Crippen molar-refractivity contribution in [2.45, 2.75) is 32.1 Å². The van der Waals surface area contributed by atoms with Crippen LogP contribution in [0.25, 0.3) is 5.69 Å². The standard InChI is InChI=1S/C21H18Cl2N4O4S3.C16H10Cl4N2O4S3/c1-13-21(14(2)27(24-13)15-7-4-3-5-8-15)34(30,31)26-19-12-17(23)16(22)11-18(19)25-33(28,29)20-9-6-10-32-20;17-9-3-4-15(12(20)6-9)28(23,24)21-13-7-10(18)11(19)8-14(13)22-29(25,26)16-2-1-5-27-16/h3-12,25-26H,1-2H3;1-8,21-22H. The molecule has 0 radical (unpaired) electrons. The molecule has 0 saturated carbocycles. The molecule has 7 rings (SSSR count). The first-order valence-corrected chi connectivity index (χ1v) is 27.2. The van der Waals surface area contributed by atoms with Crippen molar-refractivity contribution in [3.05, 3.63) is 149 Å². The third-order valence-corrected chi connectivity index (χ3v) is 19.0. The minimum Gasteiger partial charge on any atom is -0.277 e. The van der Waals surface area contributed by atoms with Gasteiger partial charge in [-0.05, 0) is 91.3 Å². The zero-order valence-electron chi connectivity index (χ0n) is 31.8. The van der Waals surface area contributed by atoms with Gasteiger partial charge in [0.15, 0.2) is 0 Å². The third-order valence-electron chi connectivity index (χ3n) is 8.30. The summed E-state index contributed by atoms with van der Waals surface area (Å²) in [5.74, 6) is 0. The highest BCUT2D eigenvalue weighted by atomic mass is 35.5. The Labute approximate surface area is 400 Å². The largest absolute Gasteiger partial charge is 0.277 e. The molecule has 332 valence electrons. The maximum atomic E-state index is 13.4. The maximum absolute atomic E-state index is 13.4. The molecule has 0 spiro atoms. The summed E-state index contributed by atoms with van der Waals surface area (Å²) in [6.45, 7) is 3.22. The van der Waals surface area contributed by atoms with Crippen LogP contribution in [0.3, 0.4) is 0 Å². The second-order valence-corrected chi connectivity index (χ2v) is 24.2. The molecule has 3 aromatic heterocycles. The molecule has 0 atom stereocenters. The molecule has 0 aliphatic heterocycles. The molecule has 0 saturated heterocycles. The number of rotatable bonds is 13. The van der Waals surface area contributed by atoms with Gasteiger partial charge in [0.25, 0.3) is 40.1 Å². The predicted molar refractivity (Wildman–Crippen MR) is 254 cm³/mol. The average molecular weight is 1090 g/mol. The molecule has 0 amide bonds. The number of sulfonamides is 4. The average Bonchev–Trinajstić information content (AvgIpc) is 3.99. The van der Waals surface area contributed by atoms with Gasteiger partial charge in [0, 0.05) is 5.02 Å². The van der Waals surface area contributed by atoms with Crippen molar-refractivity contribution in [3.8, 4) is 5.69 Å². The molecule has 26 heteroatoms. The second-order valence-electron chi connectivity index (χ2n) is 12.7. The summed E-state index contributed by atoms with van der Waals surface area (Å²) in [5.41, 5.74) is 0.958. The van der Waals surface area contributed by atoms with Crippen LogP contribution in [0.15, 0.2) is 126 Å². The summed E-state index contributed by atoms with van der Waals surface area (Å²) in [4.78, 5) is -0.281. The lowest BCUT2D eigenvalue weighted by atomic mass is 10.3. The minimum absolute atomic E-state index is 0.0191. The number of thiophene rings is 2. The fourth-order valence-corrected chi connectivity index (χ4v) is 13.7. The van der Waals surface area contributed by atoms with Crippen LogP contribution in [0.2, 0.25) is 30.1 Å². The number of hydrogen-bond acceptors (Lipinski definition) is 11. The lowest BCUT2D eigenvalue weighted by molar-refractivity contribution is 0.598. The van der Waals surface area contributed by atoms with Gasteiger partial charge in [0.05, 0.1) is 64.9 Å². The van der Waals surface area contributed by atoms with Crippen LogP contribution in [0.4, 0.5) is 22.7 Å². The Morgan fingerprint density at radius 3 is 1.33 bits per heavy atom. The SMILES string of the molecule is Cc1nn(-c2ccccc2)c(C)c1S(=O)(=O)Nc1cc(Cl)c(Cl)cc1NS(=O)(=O)c1cccs1.O=S(=O)(Nc1cc(Cl)c(Cl)cc1NS(=O)(=O)c1ccc(Cl)cc1Cl)c1cccs1. The van der Waals surface area contributed by atoms with E-state index < -0.39 is 40.1 Å². The fourth-order valence-electron chi connectivity index (χ4n) is 5.58. The van der Waals surface area contributed by atoms with Crippen LogP contribution in [0.5, 0.6) is 0 Å². The van der Waals surface area contributed by atoms with Crippen LogP contribution in [0.1, 0.15) is 11.4 Å². The number of hydrogen-bond donors (Lipinski definition) is 4. The van der Waals surface area contributed by atoms with E-state index in [9.17, 15) is 33.7 Å². The molecule has 0 fully saturated rings. The second kappa shape index (κ2) is 19.4. The normalized spacial score (nSPS) is 12.0. The quantitative estimate of drug-likeness (QED) is 0.0866. The Balaban J connectivity index is 0.000000213. The number of nitrogens with zero attached hydrogens (tertiary/aromatic N) is 2. The lowest BCUT2D eigenvalue weighted by Crippen LogP contribution is -2.18. The van der Waals surface area contributed by atoms with E-state index in [1.807, 2.05) is 18.2 Å². The molecule has 0 aliphatic rings. The lowest BCUT2D eigenvalue weighted by Gasteiger charge is -2.16. The molecule has 7 aromatic rings. The first-order chi connectivity index (χ1) is 29.5. The molecule has 14 nitrogen and oxygen atoms in total. The van der Waals surface area contributed by atoms with Gasteiger partial charge in [-0.3, -0.25) is 18.9 Å². The fraction of sp³-hybridized carbons (Fsp3) is 0.0541. The Bertz CT molecular complexity index is 3290. The molecule has 0 bridgehead atoms. The van der Waals surface area contributed by atoms with Crippen molar-refractivity contribution >= 4 is 155 Å². The highest BCUT2D eigenvalue weighted by Crippen LogP contribution is 2.38. The Morgan fingerprint density at radius 1 is 0.492 bits per heavy atom. The molecular formula is C37H28Cl6N6O8S6. The van der Waals surface area contributed by atoms with Crippen LogP contribution in [0, 0.1) is 13.8 Å². The van der Waals surface area contributed by atoms with Crippen LogP contribution < -0.4 is 18.9 Å². The van der Waals surface area contributed by atoms with Gasteiger partial charge < -0.3 is 0 Å². The number of nitrogens with one attached hydrogen (secondary N) is 4. The first kappa shape index (κ1) is 48.7. The molecule has 0 unspecified atom stereocenters. The molecule has 3 heterocycles. The van der Waals surface area contributed by atoms with Crippen LogP contribution in [-0.2, 0) is 40.1 Å². The van der Waals surface area contributed by atoms with Gasteiger partial charge in [0.2, 0.25) is 0 Å². The van der Waals surface area contributed by atoms with Gasteiger partial charge in [-0.25, -0.2) is 38.4 Å². The van der Waals surface area contributed by atoms with E-state index in [0.29, 0.717) is 11.4 Å². The van der Waals surface area contributed by atoms with Gasteiger partial charge in [-0.1, -0.05) is 99.9 Å². The van der Waals surface area contributed by atoms with Crippen molar-refractivity contribution in [2.24, 2.45) is 0 Å². The third kappa shape index (κ3) is 11.4. The summed E-state index contributed by atoms with van der Waals surface area (Å²) < 4.78 is 114. The molecular weight excluding hydrogens is 1060 g/mol. The predicted octanol–water partition coefficient (Wildman–Crippen LogP) is 11.4. The molecule has 63 heavy (non-hydrogen) atoms. The number of halogens is 6. The topological polar surface area (TPSA) is 202 Å². The number of aromatic nitrogens is 2. The van der Waals surface area contributed by atoms with Gasteiger partial charge >= 0.3 is 0 Å². The van der Waals surface area contributed by atoms with Crippen molar-refractivity contribution < 1.29 is 33.7 Å². The van der Waals surface area contributed by atoms with E-state index in [2.05, 4.69) is 24.0 Å². The maximum Gasteiger partial charge on any atom is 0.271 e. The highest BCUT2D eigenvalue weighted by molar-refractivity contribution is 7.95. The summed E-state index contributed by atoms with van der Waals surface area (Å²) in [5, 5.41) is 7.89. The summed E-state index contributed by atoms with van der Waals surface area (Å²) >= 11 is 38.0. The van der Waals surface area contributed by atoms with Gasteiger partial charge in [0.1, 0.15) is 18.2 Å². The van der Waals surface area contributed by atoms with Crippen LogP contribution in [-0.4, -0.2) is 43.5 Å². The van der Waals surface area contributed by atoms with E-state index in [4.69, 9.17) is 69.6 Å². The minimum atomic E-state index is -4.20. The number of aryl methyl sites for hydroxylation is 1. The van der Waals surface area contributed by atoms with E-state index in [0.717, 1.165) is 22.7 Å². The van der Waals surface area contributed by atoms with Crippen molar-refractivity contribution in [1.29, 1.82) is 0 Å². The van der Waals surface area contributed by atoms with Gasteiger partial charge in [-0.15, -0.1) is 22.7 Å². The van der Waals surface area contributed by atoms with Crippen molar-refractivity contribution in [2.75, 3.05) is 18.9 Å². The number of benzene rings is 4. The van der Waals surface area contributed by atoms with Crippen molar-refractivity contribution in [3.63, 3.8) is 0 Å². The first-order valence-electron chi connectivity index (χ1n) is 17.2. The summed E-state index contributed by atoms with van der Waals surface area (Å²) in [6, 6.07) is 23.8. The smallest absolute Gasteiger partial charge is 0.271 e. The van der Waals surface area contributed by atoms with Gasteiger partial charge in [-0.2, -0.15) is 5.10 Å². The monoisotopic (exact) mass is 1090 g/mol. The zero-order chi connectivity index (χ0) is 46.1.